The van der Waals surface area contributed by atoms with Crippen molar-refractivity contribution in [2.45, 2.75) is 123 Å². The van der Waals surface area contributed by atoms with Crippen molar-refractivity contribution in [3.8, 4) is 11.3 Å². The van der Waals surface area contributed by atoms with E-state index >= 15 is 0 Å². The minimum atomic E-state index is -0.573. The zero-order valence-corrected chi connectivity index (χ0v) is 32.4. The molecule has 0 saturated carbocycles. The second-order valence-electron chi connectivity index (χ2n) is 16.4. The molecule has 1 aromatic heterocycles. The van der Waals surface area contributed by atoms with Crippen LogP contribution < -0.4 is 0 Å². The lowest BCUT2D eigenvalue weighted by atomic mass is 9.99. The highest BCUT2D eigenvalue weighted by Crippen LogP contribution is 2.33. The van der Waals surface area contributed by atoms with Crippen LogP contribution in [0.2, 0.25) is 0 Å². The molecule has 2 fully saturated rings. The summed E-state index contributed by atoms with van der Waals surface area (Å²) < 4.78 is 11.3. The highest BCUT2D eigenvalue weighted by atomic mass is 16.6. The van der Waals surface area contributed by atoms with Crippen molar-refractivity contribution < 1.29 is 28.7 Å². The lowest BCUT2D eigenvalue weighted by Crippen LogP contribution is -2.43. The number of rotatable bonds is 9. The summed E-state index contributed by atoms with van der Waals surface area (Å²) in [4.78, 5) is 68.5. The Labute approximate surface area is 318 Å². The predicted octanol–water partition coefficient (Wildman–Crippen LogP) is 9.36. The summed E-state index contributed by atoms with van der Waals surface area (Å²) in [5.74, 6) is 0.509. The van der Waals surface area contributed by atoms with Gasteiger partial charge in [-0.25, -0.2) is 14.6 Å². The number of likely N-dealkylation sites (tertiary alicyclic amines) is 2. The molecule has 3 aromatic rings. The van der Waals surface area contributed by atoms with E-state index in [9.17, 15) is 19.2 Å². The topological polar surface area (TPSA) is 134 Å². The molecule has 6 rings (SSSR count). The van der Waals surface area contributed by atoms with Crippen LogP contribution in [-0.4, -0.2) is 79.6 Å². The van der Waals surface area contributed by atoms with Gasteiger partial charge in [-0.3, -0.25) is 24.4 Å². The number of Topliss-reactive ketones (excluding diaryl/α,β-unsaturated/α-hetero) is 2. The van der Waals surface area contributed by atoms with Crippen LogP contribution in [0.1, 0.15) is 137 Å². The number of carbonyl (C=O) groups is 4. The van der Waals surface area contributed by atoms with Gasteiger partial charge in [0, 0.05) is 42.8 Å². The molecular formula is C43H53N5O6. The highest BCUT2D eigenvalue weighted by molar-refractivity contribution is 6.02. The molecule has 11 nitrogen and oxygen atoms in total. The molecule has 1 N–H and O–H groups in total. The van der Waals surface area contributed by atoms with Crippen LogP contribution in [0, 0.1) is 0 Å². The van der Waals surface area contributed by atoms with E-state index in [1.807, 2.05) is 70.7 Å². The average molecular weight is 736 g/mol. The number of aliphatic imine (C=N–C) groups is 1. The molecule has 2 atom stereocenters. The van der Waals surface area contributed by atoms with Crippen molar-refractivity contribution in [3.63, 3.8) is 0 Å². The number of imidazole rings is 1. The molecule has 54 heavy (non-hydrogen) atoms. The molecular weight excluding hydrogens is 683 g/mol. The number of nitrogens with one attached hydrogen (secondary N) is 1. The molecule has 286 valence electrons. The molecule has 2 unspecified atom stereocenters. The second kappa shape index (κ2) is 16.1. The molecule has 2 aromatic carbocycles. The summed E-state index contributed by atoms with van der Waals surface area (Å²) in [6.45, 7) is 12.5. The third-order valence-electron chi connectivity index (χ3n) is 9.90. The molecule has 3 aliphatic rings. The minimum Gasteiger partial charge on any atom is -0.444 e. The first-order valence-electron chi connectivity index (χ1n) is 19.2. The average Bonchev–Trinajstić information content (AvgIpc) is 3.88. The monoisotopic (exact) mass is 735 g/mol. The zero-order valence-electron chi connectivity index (χ0n) is 32.4. The van der Waals surface area contributed by atoms with E-state index < -0.39 is 11.2 Å². The van der Waals surface area contributed by atoms with Gasteiger partial charge >= 0.3 is 12.2 Å². The van der Waals surface area contributed by atoms with E-state index in [1.165, 1.54) is 0 Å². The van der Waals surface area contributed by atoms with E-state index in [1.54, 1.807) is 35.4 Å². The summed E-state index contributed by atoms with van der Waals surface area (Å²) in [7, 11) is 0. The molecule has 0 spiro atoms. The first-order chi connectivity index (χ1) is 25.6. The first-order valence-corrected chi connectivity index (χ1v) is 19.2. The van der Waals surface area contributed by atoms with Crippen LogP contribution in [-0.2, 0) is 9.47 Å². The minimum absolute atomic E-state index is 0.0744. The van der Waals surface area contributed by atoms with Crippen molar-refractivity contribution in [3.05, 3.63) is 83.3 Å². The molecule has 2 saturated heterocycles. The third-order valence-corrected chi connectivity index (χ3v) is 9.90. The lowest BCUT2D eigenvalue weighted by Gasteiger charge is -2.29. The number of hydrogen-bond donors (Lipinski definition) is 1. The van der Waals surface area contributed by atoms with Crippen molar-refractivity contribution in [2.24, 2.45) is 4.99 Å². The van der Waals surface area contributed by atoms with Gasteiger partial charge in [0.25, 0.3) is 0 Å². The van der Waals surface area contributed by atoms with E-state index in [0.717, 1.165) is 73.2 Å². The number of benzene rings is 2. The van der Waals surface area contributed by atoms with Crippen LogP contribution in [0.3, 0.4) is 0 Å². The largest absolute Gasteiger partial charge is 0.444 e. The molecule has 4 heterocycles. The van der Waals surface area contributed by atoms with Gasteiger partial charge in [-0.1, -0.05) is 54.6 Å². The summed E-state index contributed by atoms with van der Waals surface area (Å²) in [6, 6.07) is 14.4. The van der Waals surface area contributed by atoms with E-state index in [4.69, 9.17) is 14.5 Å². The van der Waals surface area contributed by atoms with E-state index in [2.05, 4.69) is 16.0 Å². The van der Waals surface area contributed by atoms with Crippen molar-refractivity contribution in [1.29, 1.82) is 0 Å². The molecule has 0 bridgehead atoms. The number of allylic oxidation sites excluding steroid dienone is 1. The normalized spacial score (nSPS) is 19.2. The Morgan fingerprint density at radius 3 is 1.80 bits per heavy atom. The SMILES string of the molecule is CC(C)(C)OC(=O)N1CCCC1C1=NC(c2ccc(C(=O)CCC(=O)c3ccc(-c4cnc(C5CCCN5C(=O)OC(C)(C)C)[nH]4)cc3)cc2)=CCCC1. The van der Waals surface area contributed by atoms with Gasteiger partial charge in [0.05, 0.1) is 29.7 Å². The quantitative estimate of drug-likeness (QED) is 0.217. The first kappa shape index (κ1) is 38.7. The molecule has 2 amide bonds. The van der Waals surface area contributed by atoms with Crippen LogP contribution in [0.25, 0.3) is 17.0 Å². The number of carbonyl (C=O) groups excluding carboxylic acids is 4. The Hall–Kier alpha value is -5.06. The maximum Gasteiger partial charge on any atom is 0.410 e. The van der Waals surface area contributed by atoms with Gasteiger partial charge < -0.3 is 14.5 Å². The fourth-order valence-electron chi connectivity index (χ4n) is 7.28. The molecule has 0 radical (unpaired) electrons. The van der Waals surface area contributed by atoms with Crippen LogP contribution in [0.15, 0.2) is 65.8 Å². The number of amides is 2. The molecule has 3 aliphatic heterocycles. The van der Waals surface area contributed by atoms with Gasteiger partial charge in [-0.2, -0.15) is 0 Å². The van der Waals surface area contributed by atoms with Crippen molar-refractivity contribution in [1.82, 2.24) is 19.8 Å². The zero-order chi connectivity index (χ0) is 38.6. The standard InChI is InChI=1S/C43H53N5O6/c1-42(2,3)53-40(51)47-25-9-13-35(47)33-12-8-7-11-32(45-33)28-15-19-30(20-16-28)37(49)23-24-38(50)31-21-17-29(18-22-31)34-27-44-39(46-34)36-14-10-26-48(36)41(52)54-43(4,5)6/h11,15-22,27,35-36H,7-10,12-14,23-26H2,1-6H3,(H,44,46). The predicted molar refractivity (Wildman–Crippen MR) is 209 cm³/mol. The lowest BCUT2D eigenvalue weighted by molar-refractivity contribution is 0.0216. The smallest absolute Gasteiger partial charge is 0.410 e. The summed E-state index contributed by atoms with van der Waals surface area (Å²) in [5, 5.41) is 0. The summed E-state index contributed by atoms with van der Waals surface area (Å²) in [6.07, 6.45) is 9.55. The number of ketones is 2. The fourth-order valence-corrected chi connectivity index (χ4v) is 7.28. The van der Waals surface area contributed by atoms with Gasteiger partial charge in [-0.15, -0.1) is 0 Å². The van der Waals surface area contributed by atoms with Crippen LogP contribution in [0.5, 0.6) is 0 Å². The second-order valence-corrected chi connectivity index (χ2v) is 16.4. The van der Waals surface area contributed by atoms with Crippen molar-refractivity contribution in [2.75, 3.05) is 13.1 Å². The number of hydrogen-bond acceptors (Lipinski definition) is 8. The van der Waals surface area contributed by atoms with E-state index in [-0.39, 0.29) is 48.7 Å². The Bertz CT molecular complexity index is 1910. The van der Waals surface area contributed by atoms with Gasteiger partial charge in [-0.05, 0) is 97.6 Å². The number of nitrogens with zero attached hydrogens (tertiary/aromatic N) is 4. The van der Waals surface area contributed by atoms with Crippen molar-refractivity contribution >= 4 is 35.2 Å². The third kappa shape index (κ3) is 9.53. The van der Waals surface area contributed by atoms with Gasteiger partial charge in [0.15, 0.2) is 11.6 Å². The highest BCUT2D eigenvalue weighted by Gasteiger charge is 2.36. The van der Waals surface area contributed by atoms with Gasteiger partial charge in [0.1, 0.15) is 17.0 Å². The number of aromatic amines is 1. The Balaban J connectivity index is 1.03. The van der Waals surface area contributed by atoms with E-state index in [0.29, 0.717) is 30.0 Å². The Morgan fingerprint density at radius 1 is 0.722 bits per heavy atom. The number of ether oxygens (including phenoxy) is 2. The Morgan fingerprint density at radius 2 is 1.24 bits per heavy atom. The number of aromatic nitrogens is 2. The van der Waals surface area contributed by atoms with Crippen LogP contribution >= 0.6 is 0 Å². The summed E-state index contributed by atoms with van der Waals surface area (Å²) in [5.41, 5.74) is 4.38. The summed E-state index contributed by atoms with van der Waals surface area (Å²) >= 11 is 0. The fraction of sp³-hybridized carbons (Fsp3) is 0.488. The van der Waals surface area contributed by atoms with Gasteiger partial charge in [0.2, 0.25) is 0 Å². The number of H-pyrrole nitrogens is 1. The van der Waals surface area contributed by atoms with Crippen LogP contribution in [0.4, 0.5) is 9.59 Å². The molecule has 0 aliphatic carbocycles. The molecule has 11 heteroatoms. The Kier molecular flexibility index (Phi) is 11.5. The maximum atomic E-state index is 13.1. The maximum absolute atomic E-state index is 13.1.